The quantitative estimate of drug-likeness (QED) is 0.818. The predicted molar refractivity (Wildman–Crippen MR) is 83.7 cm³/mol. The molecule has 0 aliphatic carbocycles. The first kappa shape index (κ1) is 16.6. The molecule has 3 rings (SSSR count). The first-order chi connectivity index (χ1) is 10.9. The Balaban J connectivity index is 1.71. The van der Waals surface area contributed by atoms with Gasteiger partial charge in [0, 0.05) is 6.54 Å². The van der Waals surface area contributed by atoms with Crippen LogP contribution in [0.25, 0.3) is 0 Å². The van der Waals surface area contributed by atoms with Gasteiger partial charge in [0.1, 0.15) is 10.3 Å². The summed E-state index contributed by atoms with van der Waals surface area (Å²) in [5.74, 6) is -0.556. The van der Waals surface area contributed by atoms with Crippen LogP contribution in [-0.2, 0) is 10.0 Å². The Morgan fingerprint density at radius 3 is 2.74 bits per heavy atom. The average molecular weight is 378 g/mol. The van der Waals surface area contributed by atoms with Gasteiger partial charge in [-0.15, -0.1) is 11.3 Å². The Morgan fingerprint density at radius 1 is 1.35 bits per heavy atom. The Hall–Kier alpha value is -1.29. The van der Waals surface area contributed by atoms with E-state index in [-0.39, 0.29) is 22.9 Å². The molecule has 23 heavy (non-hydrogen) atoms. The molecule has 124 valence electrons. The minimum Gasteiger partial charge on any atom is -0.459 e. The molecule has 6 nitrogen and oxygen atoms in total. The smallest absolute Gasteiger partial charge is 0.316 e. The average Bonchev–Trinajstić information content (AvgIpc) is 2.97. The van der Waals surface area contributed by atoms with E-state index in [2.05, 4.69) is 9.97 Å². The summed E-state index contributed by atoms with van der Waals surface area (Å²) < 4.78 is 45.5. The van der Waals surface area contributed by atoms with Crippen molar-refractivity contribution in [2.75, 3.05) is 13.1 Å². The molecular weight excluding hydrogens is 365 g/mol. The van der Waals surface area contributed by atoms with Crippen molar-refractivity contribution in [3.05, 3.63) is 34.7 Å². The van der Waals surface area contributed by atoms with Crippen LogP contribution >= 0.6 is 22.9 Å². The van der Waals surface area contributed by atoms with E-state index < -0.39 is 15.8 Å². The number of thiophene rings is 1. The van der Waals surface area contributed by atoms with E-state index in [4.69, 9.17) is 16.3 Å². The second-order valence-corrected chi connectivity index (χ2v) is 8.87. The zero-order chi connectivity index (χ0) is 16.4. The number of halogens is 2. The van der Waals surface area contributed by atoms with Gasteiger partial charge in [0.2, 0.25) is 0 Å². The SMILES string of the molecule is O=S(=O)(c1ccc(Cl)s1)N1CCCC(Oc2ncc(F)cn2)C1. The molecule has 0 N–H and O–H groups in total. The summed E-state index contributed by atoms with van der Waals surface area (Å²) in [6.45, 7) is 0.612. The summed E-state index contributed by atoms with van der Waals surface area (Å²) in [7, 11) is -3.59. The molecule has 3 heterocycles. The number of rotatable bonds is 4. The van der Waals surface area contributed by atoms with Crippen LogP contribution < -0.4 is 4.74 Å². The minimum absolute atomic E-state index is 0.0369. The highest BCUT2D eigenvalue weighted by Crippen LogP contribution is 2.30. The number of hydrogen-bond acceptors (Lipinski definition) is 6. The van der Waals surface area contributed by atoms with Crippen molar-refractivity contribution in [3.8, 4) is 6.01 Å². The Morgan fingerprint density at radius 2 is 2.09 bits per heavy atom. The van der Waals surface area contributed by atoms with Crippen molar-refractivity contribution in [1.29, 1.82) is 0 Å². The number of hydrogen-bond donors (Lipinski definition) is 0. The van der Waals surface area contributed by atoms with Crippen molar-refractivity contribution in [1.82, 2.24) is 14.3 Å². The molecule has 1 aliphatic heterocycles. The molecule has 10 heteroatoms. The van der Waals surface area contributed by atoms with Crippen LogP contribution in [0.15, 0.2) is 28.7 Å². The van der Waals surface area contributed by atoms with E-state index in [1.54, 1.807) is 6.07 Å². The van der Waals surface area contributed by atoms with Crippen LogP contribution in [0.4, 0.5) is 4.39 Å². The molecule has 0 spiro atoms. The molecule has 0 amide bonds. The zero-order valence-corrected chi connectivity index (χ0v) is 14.2. The van der Waals surface area contributed by atoms with Gasteiger partial charge in [-0.25, -0.2) is 22.8 Å². The number of aromatic nitrogens is 2. The second-order valence-electron chi connectivity index (χ2n) is 4.99. The largest absolute Gasteiger partial charge is 0.459 e. The lowest BCUT2D eigenvalue weighted by molar-refractivity contribution is 0.119. The molecule has 0 bridgehead atoms. The van der Waals surface area contributed by atoms with Crippen molar-refractivity contribution >= 4 is 33.0 Å². The lowest BCUT2D eigenvalue weighted by Crippen LogP contribution is -2.44. The topological polar surface area (TPSA) is 72.4 Å². The van der Waals surface area contributed by atoms with E-state index in [0.717, 1.165) is 23.7 Å². The molecule has 1 unspecified atom stereocenters. The van der Waals surface area contributed by atoms with Crippen molar-refractivity contribution in [2.45, 2.75) is 23.2 Å². The number of nitrogens with zero attached hydrogens (tertiary/aromatic N) is 3. The van der Waals surface area contributed by atoms with Gasteiger partial charge >= 0.3 is 6.01 Å². The monoisotopic (exact) mass is 377 g/mol. The van der Waals surface area contributed by atoms with Crippen LogP contribution in [0, 0.1) is 5.82 Å². The molecule has 0 aromatic carbocycles. The molecule has 0 radical (unpaired) electrons. The van der Waals surface area contributed by atoms with E-state index in [1.165, 1.54) is 10.4 Å². The molecule has 2 aromatic heterocycles. The highest BCUT2D eigenvalue weighted by molar-refractivity contribution is 7.91. The van der Waals surface area contributed by atoms with Gasteiger partial charge in [0.15, 0.2) is 5.82 Å². The molecule has 1 atom stereocenters. The molecule has 1 aliphatic rings. The summed E-state index contributed by atoms with van der Waals surface area (Å²) in [6, 6.07) is 3.09. The van der Waals surface area contributed by atoms with Gasteiger partial charge in [-0.05, 0) is 25.0 Å². The van der Waals surface area contributed by atoms with Gasteiger partial charge < -0.3 is 4.74 Å². The maximum Gasteiger partial charge on any atom is 0.316 e. The lowest BCUT2D eigenvalue weighted by atomic mass is 10.1. The summed E-state index contributed by atoms with van der Waals surface area (Å²) in [6.07, 6.45) is 2.97. The third-order valence-corrected chi connectivity index (χ3v) is 6.92. The molecule has 1 fully saturated rings. The number of piperidine rings is 1. The van der Waals surface area contributed by atoms with Gasteiger partial charge in [0.05, 0.1) is 23.3 Å². The fourth-order valence-corrected chi connectivity index (χ4v) is 5.44. The summed E-state index contributed by atoms with van der Waals surface area (Å²) in [4.78, 5) is 7.46. The summed E-state index contributed by atoms with van der Waals surface area (Å²) >= 11 is 6.84. The summed E-state index contributed by atoms with van der Waals surface area (Å²) in [5, 5.41) is 0. The second kappa shape index (κ2) is 6.68. The third kappa shape index (κ3) is 3.79. The van der Waals surface area contributed by atoms with Gasteiger partial charge in [-0.2, -0.15) is 4.31 Å². The Bertz CT molecular complexity index is 782. The van der Waals surface area contributed by atoms with Crippen molar-refractivity contribution < 1.29 is 17.5 Å². The van der Waals surface area contributed by atoms with Crippen LogP contribution in [0.2, 0.25) is 4.34 Å². The first-order valence-electron chi connectivity index (χ1n) is 6.85. The first-order valence-corrected chi connectivity index (χ1v) is 9.48. The van der Waals surface area contributed by atoms with Gasteiger partial charge in [0.25, 0.3) is 10.0 Å². The fraction of sp³-hybridized carbons (Fsp3) is 0.385. The van der Waals surface area contributed by atoms with Gasteiger partial charge in [-0.3, -0.25) is 0 Å². The molecule has 1 saturated heterocycles. The lowest BCUT2D eigenvalue weighted by Gasteiger charge is -2.31. The Kier molecular flexibility index (Phi) is 4.81. The van der Waals surface area contributed by atoms with E-state index >= 15 is 0 Å². The highest BCUT2D eigenvalue weighted by atomic mass is 35.5. The molecule has 0 saturated carbocycles. The van der Waals surface area contributed by atoms with Crippen molar-refractivity contribution in [2.24, 2.45) is 0 Å². The number of sulfonamides is 1. The zero-order valence-electron chi connectivity index (χ0n) is 11.9. The highest BCUT2D eigenvalue weighted by Gasteiger charge is 2.32. The van der Waals surface area contributed by atoms with Gasteiger partial charge in [-0.1, -0.05) is 11.6 Å². The maximum absolute atomic E-state index is 12.8. The van der Waals surface area contributed by atoms with E-state index in [1.807, 2.05) is 0 Å². The van der Waals surface area contributed by atoms with Crippen LogP contribution in [0.5, 0.6) is 6.01 Å². The van der Waals surface area contributed by atoms with Crippen LogP contribution in [-0.4, -0.2) is 41.9 Å². The molecular formula is C13H13ClFN3O3S2. The Labute approximate surface area is 141 Å². The van der Waals surface area contributed by atoms with E-state index in [0.29, 0.717) is 23.7 Å². The van der Waals surface area contributed by atoms with Crippen molar-refractivity contribution in [3.63, 3.8) is 0 Å². The van der Waals surface area contributed by atoms with E-state index in [9.17, 15) is 12.8 Å². The standard InChI is InChI=1S/C13H13ClFN3O3S2/c14-11-3-4-12(22-11)23(19,20)18-5-1-2-10(8-18)21-13-16-6-9(15)7-17-13/h3-4,6-7,10H,1-2,5,8H2. The third-order valence-electron chi connectivity index (χ3n) is 3.35. The predicted octanol–water partition coefficient (Wildman–Crippen LogP) is 2.56. The maximum atomic E-state index is 12.8. The number of ether oxygens (including phenoxy) is 1. The minimum atomic E-state index is -3.59. The summed E-state index contributed by atoms with van der Waals surface area (Å²) in [5.41, 5.74) is 0. The van der Waals surface area contributed by atoms with Crippen LogP contribution in [0.1, 0.15) is 12.8 Å². The van der Waals surface area contributed by atoms with Crippen LogP contribution in [0.3, 0.4) is 0 Å². The molecule has 2 aromatic rings. The normalized spacial score (nSPS) is 19.7. The fourth-order valence-electron chi connectivity index (χ4n) is 2.29.